The van der Waals surface area contributed by atoms with Gasteiger partial charge in [0.1, 0.15) is 0 Å². The molecule has 1 rings (SSSR count). The highest BCUT2D eigenvalue weighted by atomic mass is 79.9. The molecular formula is C11H20BrNO. The normalized spacial score (nSPS) is 24.1. The van der Waals surface area contributed by atoms with Crippen molar-refractivity contribution in [3.8, 4) is 0 Å². The maximum atomic E-state index is 11.7. The average Bonchev–Trinajstić information content (AvgIpc) is 2.25. The number of carbonyl (C=O) groups is 1. The standard InChI is InChI=1S/C11H20BrNO/c1-9(12)10(14)13-7-4-5-11(2,3)6-8-13/h9H,4-8H2,1-3H3. The van der Waals surface area contributed by atoms with Crippen molar-refractivity contribution in [1.29, 1.82) is 0 Å². The number of likely N-dealkylation sites (tertiary alicyclic amines) is 1. The van der Waals surface area contributed by atoms with Crippen LogP contribution in [0.3, 0.4) is 0 Å². The molecule has 0 spiro atoms. The first-order valence-corrected chi connectivity index (χ1v) is 6.27. The Morgan fingerprint density at radius 3 is 2.57 bits per heavy atom. The van der Waals surface area contributed by atoms with Gasteiger partial charge in [0, 0.05) is 13.1 Å². The monoisotopic (exact) mass is 261 g/mol. The van der Waals surface area contributed by atoms with Crippen molar-refractivity contribution in [3.05, 3.63) is 0 Å². The summed E-state index contributed by atoms with van der Waals surface area (Å²) in [5.41, 5.74) is 0.407. The number of hydrogen-bond donors (Lipinski definition) is 0. The zero-order valence-corrected chi connectivity index (χ0v) is 10.9. The number of amides is 1. The van der Waals surface area contributed by atoms with Gasteiger partial charge >= 0.3 is 0 Å². The van der Waals surface area contributed by atoms with Crippen molar-refractivity contribution < 1.29 is 4.79 Å². The van der Waals surface area contributed by atoms with E-state index in [-0.39, 0.29) is 10.7 Å². The Hall–Kier alpha value is -0.0500. The van der Waals surface area contributed by atoms with Crippen molar-refractivity contribution in [3.63, 3.8) is 0 Å². The quantitative estimate of drug-likeness (QED) is 0.665. The fourth-order valence-electron chi connectivity index (χ4n) is 1.89. The van der Waals surface area contributed by atoms with Crippen LogP contribution in [0.4, 0.5) is 0 Å². The van der Waals surface area contributed by atoms with Crippen molar-refractivity contribution in [1.82, 2.24) is 4.90 Å². The second kappa shape index (κ2) is 4.65. The maximum absolute atomic E-state index is 11.7. The van der Waals surface area contributed by atoms with Gasteiger partial charge in [-0.05, 0) is 31.6 Å². The smallest absolute Gasteiger partial charge is 0.236 e. The van der Waals surface area contributed by atoms with Gasteiger partial charge in [0.15, 0.2) is 0 Å². The summed E-state index contributed by atoms with van der Waals surface area (Å²) in [5.74, 6) is 0.239. The summed E-state index contributed by atoms with van der Waals surface area (Å²) in [6.07, 6.45) is 3.49. The van der Waals surface area contributed by atoms with E-state index in [2.05, 4.69) is 29.8 Å². The predicted octanol–water partition coefficient (Wildman–Crippen LogP) is 2.81. The molecule has 2 nitrogen and oxygen atoms in total. The zero-order chi connectivity index (χ0) is 10.8. The van der Waals surface area contributed by atoms with Crippen LogP contribution in [-0.2, 0) is 4.79 Å². The zero-order valence-electron chi connectivity index (χ0n) is 9.35. The van der Waals surface area contributed by atoms with E-state index >= 15 is 0 Å². The van der Waals surface area contributed by atoms with E-state index in [9.17, 15) is 4.79 Å². The average molecular weight is 262 g/mol. The largest absolute Gasteiger partial charge is 0.342 e. The fourth-order valence-corrected chi connectivity index (χ4v) is 2.18. The molecule has 1 fully saturated rings. The number of hydrogen-bond acceptors (Lipinski definition) is 1. The van der Waals surface area contributed by atoms with E-state index < -0.39 is 0 Å². The molecule has 3 heteroatoms. The van der Waals surface area contributed by atoms with Crippen LogP contribution >= 0.6 is 15.9 Å². The van der Waals surface area contributed by atoms with E-state index in [1.807, 2.05) is 11.8 Å². The lowest BCUT2D eigenvalue weighted by Crippen LogP contribution is -2.36. The molecule has 0 aromatic carbocycles. The number of carbonyl (C=O) groups excluding carboxylic acids is 1. The lowest BCUT2D eigenvalue weighted by molar-refractivity contribution is -0.130. The van der Waals surface area contributed by atoms with E-state index in [1.165, 1.54) is 6.42 Å². The summed E-state index contributed by atoms with van der Waals surface area (Å²) in [5, 5.41) is 0. The third kappa shape index (κ3) is 3.26. The van der Waals surface area contributed by atoms with Gasteiger partial charge in [0.05, 0.1) is 4.83 Å². The molecule has 0 radical (unpaired) electrons. The van der Waals surface area contributed by atoms with Gasteiger partial charge in [0.2, 0.25) is 5.91 Å². The summed E-state index contributed by atoms with van der Waals surface area (Å²) in [6, 6.07) is 0. The van der Waals surface area contributed by atoms with E-state index in [0.29, 0.717) is 5.41 Å². The van der Waals surface area contributed by atoms with E-state index in [0.717, 1.165) is 25.9 Å². The number of alkyl halides is 1. The third-order valence-corrected chi connectivity index (χ3v) is 3.38. The first-order chi connectivity index (χ1) is 6.42. The maximum Gasteiger partial charge on any atom is 0.236 e. The number of nitrogens with zero attached hydrogens (tertiary/aromatic N) is 1. The molecule has 1 aliphatic heterocycles. The Balaban J connectivity index is 2.54. The van der Waals surface area contributed by atoms with E-state index in [4.69, 9.17) is 0 Å². The van der Waals surface area contributed by atoms with Crippen LogP contribution in [0, 0.1) is 5.41 Å². The van der Waals surface area contributed by atoms with Gasteiger partial charge in [0.25, 0.3) is 0 Å². The Morgan fingerprint density at radius 1 is 1.36 bits per heavy atom. The Labute approximate surface area is 95.2 Å². The highest BCUT2D eigenvalue weighted by molar-refractivity contribution is 9.10. The molecule has 14 heavy (non-hydrogen) atoms. The highest BCUT2D eigenvalue weighted by Gasteiger charge is 2.26. The van der Waals surface area contributed by atoms with E-state index in [1.54, 1.807) is 0 Å². The van der Waals surface area contributed by atoms with Crippen molar-refractivity contribution in [2.45, 2.75) is 44.9 Å². The highest BCUT2D eigenvalue weighted by Crippen LogP contribution is 2.30. The Bertz CT molecular complexity index is 213. The molecular weight excluding hydrogens is 242 g/mol. The molecule has 0 aromatic rings. The Kier molecular flexibility index (Phi) is 3.99. The molecule has 0 saturated carbocycles. The van der Waals surface area contributed by atoms with Crippen LogP contribution < -0.4 is 0 Å². The predicted molar refractivity (Wildman–Crippen MR) is 62.6 cm³/mol. The minimum atomic E-state index is -0.0382. The van der Waals surface area contributed by atoms with Crippen LogP contribution in [0.25, 0.3) is 0 Å². The summed E-state index contributed by atoms with van der Waals surface area (Å²) in [4.78, 5) is 13.7. The van der Waals surface area contributed by atoms with Gasteiger partial charge in [-0.1, -0.05) is 29.8 Å². The van der Waals surface area contributed by atoms with Gasteiger partial charge in [-0.15, -0.1) is 0 Å². The molecule has 82 valence electrons. The third-order valence-electron chi connectivity index (χ3n) is 2.99. The molecule has 1 aliphatic rings. The number of rotatable bonds is 1. The molecule has 0 N–H and O–H groups in total. The topological polar surface area (TPSA) is 20.3 Å². The number of halogens is 1. The second-order valence-electron chi connectivity index (χ2n) is 4.96. The van der Waals surface area contributed by atoms with Crippen LogP contribution in [0.5, 0.6) is 0 Å². The minimum absolute atomic E-state index is 0.0382. The van der Waals surface area contributed by atoms with Crippen LogP contribution in [0.2, 0.25) is 0 Å². The van der Waals surface area contributed by atoms with Gasteiger partial charge in [-0.2, -0.15) is 0 Å². The van der Waals surface area contributed by atoms with Gasteiger partial charge in [-0.3, -0.25) is 4.79 Å². The van der Waals surface area contributed by atoms with Crippen LogP contribution in [0.1, 0.15) is 40.0 Å². The lowest BCUT2D eigenvalue weighted by atomic mass is 9.85. The lowest BCUT2D eigenvalue weighted by Gasteiger charge is -2.24. The molecule has 1 amide bonds. The Morgan fingerprint density at radius 2 is 2.00 bits per heavy atom. The van der Waals surface area contributed by atoms with Gasteiger partial charge in [-0.25, -0.2) is 0 Å². The molecule has 1 heterocycles. The SMILES string of the molecule is CC(Br)C(=O)N1CCCC(C)(C)CC1. The molecule has 1 saturated heterocycles. The van der Waals surface area contributed by atoms with Gasteiger partial charge < -0.3 is 4.90 Å². The summed E-state index contributed by atoms with van der Waals surface area (Å²) in [7, 11) is 0. The molecule has 0 aliphatic carbocycles. The molecule has 1 unspecified atom stereocenters. The summed E-state index contributed by atoms with van der Waals surface area (Å²) >= 11 is 3.34. The second-order valence-corrected chi connectivity index (χ2v) is 6.33. The van der Waals surface area contributed by atoms with Crippen molar-refractivity contribution >= 4 is 21.8 Å². The minimum Gasteiger partial charge on any atom is -0.342 e. The molecule has 1 atom stereocenters. The first kappa shape index (κ1) is 12.0. The fraction of sp³-hybridized carbons (Fsp3) is 0.909. The summed E-state index contributed by atoms with van der Waals surface area (Å²) in [6.45, 7) is 8.33. The van der Waals surface area contributed by atoms with Crippen LogP contribution in [-0.4, -0.2) is 28.7 Å². The summed E-state index contributed by atoms with van der Waals surface area (Å²) < 4.78 is 0. The molecule has 0 bridgehead atoms. The van der Waals surface area contributed by atoms with Crippen molar-refractivity contribution in [2.24, 2.45) is 5.41 Å². The van der Waals surface area contributed by atoms with Crippen LogP contribution in [0.15, 0.2) is 0 Å². The van der Waals surface area contributed by atoms with Crippen molar-refractivity contribution in [2.75, 3.05) is 13.1 Å². The first-order valence-electron chi connectivity index (χ1n) is 5.35. The molecule has 0 aromatic heterocycles.